The number of hydrazone groups is 1. The van der Waals surface area contributed by atoms with E-state index in [4.69, 9.17) is 9.47 Å². The highest BCUT2D eigenvalue weighted by molar-refractivity contribution is 5.99. The van der Waals surface area contributed by atoms with Gasteiger partial charge in [0.2, 0.25) is 5.91 Å². The number of nitrogens with zero attached hydrogens (tertiary/aromatic N) is 2. The van der Waals surface area contributed by atoms with Gasteiger partial charge >= 0.3 is 0 Å². The number of amides is 1. The van der Waals surface area contributed by atoms with E-state index in [0.717, 1.165) is 28.6 Å². The van der Waals surface area contributed by atoms with E-state index in [0.29, 0.717) is 24.7 Å². The van der Waals surface area contributed by atoms with Crippen molar-refractivity contribution >= 4 is 23.0 Å². The summed E-state index contributed by atoms with van der Waals surface area (Å²) in [7, 11) is 0. The average Bonchev–Trinajstić information content (AvgIpc) is 3.17. The largest absolute Gasteiger partial charge is 0.486 e. The van der Waals surface area contributed by atoms with Gasteiger partial charge in [0.15, 0.2) is 11.5 Å². The minimum absolute atomic E-state index is 0.189. The van der Waals surface area contributed by atoms with E-state index in [1.165, 1.54) is 5.56 Å². The third kappa shape index (κ3) is 4.34. The molecule has 2 heterocycles. The smallest absolute Gasteiger partial charge is 0.244 e. The van der Waals surface area contributed by atoms with Gasteiger partial charge in [0.1, 0.15) is 13.2 Å². The molecule has 0 spiro atoms. The molecule has 6 heteroatoms. The molecule has 0 bridgehead atoms. The maximum atomic E-state index is 12.4. The van der Waals surface area contributed by atoms with E-state index in [1.54, 1.807) is 6.21 Å². The SMILES string of the molecule is O=C(Cc1ccc2c(c1)OCCO2)N/N=C\c1cn(Cc2ccccc2)c2ccccc12. The quantitative estimate of drug-likeness (QED) is 0.373. The Morgan fingerprint density at radius 2 is 1.72 bits per heavy atom. The Morgan fingerprint density at radius 1 is 0.938 bits per heavy atom. The summed E-state index contributed by atoms with van der Waals surface area (Å²) in [5, 5.41) is 5.29. The molecular weight excluding hydrogens is 402 g/mol. The molecule has 6 nitrogen and oxygen atoms in total. The lowest BCUT2D eigenvalue weighted by Crippen LogP contribution is -2.20. The minimum atomic E-state index is -0.189. The Bertz CT molecular complexity index is 1280. The van der Waals surface area contributed by atoms with Gasteiger partial charge in [0, 0.05) is 29.2 Å². The molecule has 0 unspecified atom stereocenters. The molecule has 1 amide bonds. The van der Waals surface area contributed by atoms with Crippen molar-refractivity contribution in [2.75, 3.05) is 13.2 Å². The summed E-state index contributed by atoms with van der Waals surface area (Å²) in [6.45, 7) is 1.83. The number of carbonyl (C=O) groups is 1. The Hall–Kier alpha value is -4.06. The van der Waals surface area contributed by atoms with Crippen LogP contribution in [-0.4, -0.2) is 29.9 Å². The van der Waals surface area contributed by atoms with Gasteiger partial charge < -0.3 is 14.0 Å². The van der Waals surface area contributed by atoms with Crippen LogP contribution in [0.4, 0.5) is 0 Å². The number of fused-ring (bicyclic) bond motifs is 2. The number of hydrogen-bond acceptors (Lipinski definition) is 4. The Kier molecular flexibility index (Phi) is 5.58. The molecule has 160 valence electrons. The molecule has 0 radical (unpaired) electrons. The maximum absolute atomic E-state index is 12.4. The topological polar surface area (TPSA) is 64.8 Å². The Labute approximate surface area is 186 Å². The summed E-state index contributed by atoms with van der Waals surface area (Å²) in [5.74, 6) is 1.20. The summed E-state index contributed by atoms with van der Waals surface area (Å²) in [5.41, 5.74) is 6.79. The van der Waals surface area contributed by atoms with Gasteiger partial charge in [-0.15, -0.1) is 0 Å². The molecule has 0 saturated heterocycles. The van der Waals surface area contributed by atoms with E-state index >= 15 is 0 Å². The highest BCUT2D eigenvalue weighted by Gasteiger charge is 2.13. The summed E-state index contributed by atoms with van der Waals surface area (Å²) >= 11 is 0. The highest BCUT2D eigenvalue weighted by atomic mass is 16.6. The van der Waals surface area contributed by atoms with E-state index in [9.17, 15) is 4.79 Å². The molecule has 0 saturated carbocycles. The molecule has 32 heavy (non-hydrogen) atoms. The van der Waals surface area contributed by atoms with Crippen LogP contribution in [0.3, 0.4) is 0 Å². The number of ether oxygens (including phenoxy) is 2. The van der Waals surface area contributed by atoms with Gasteiger partial charge in [0.05, 0.1) is 12.6 Å². The van der Waals surface area contributed by atoms with Crippen molar-refractivity contribution in [3.63, 3.8) is 0 Å². The van der Waals surface area contributed by atoms with Crippen LogP contribution in [-0.2, 0) is 17.8 Å². The fourth-order valence-electron chi connectivity index (χ4n) is 3.89. The molecule has 4 aromatic rings. The molecule has 0 atom stereocenters. The summed E-state index contributed by atoms with van der Waals surface area (Å²) in [6, 6.07) is 24.1. The van der Waals surface area contributed by atoms with Crippen LogP contribution in [0.2, 0.25) is 0 Å². The average molecular weight is 425 g/mol. The second-order valence-electron chi connectivity index (χ2n) is 7.66. The summed E-state index contributed by atoms with van der Waals surface area (Å²) in [6.07, 6.45) is 3.98. The van der Waals surface area contributed by atoms with Crippen LogP contribution >= 0.6 is 0 Å². The monoisotopic (exact) mass is 425 g/mol. The lowest BCUT2D eigenvalue weighted by Gasteiger charge is -2.18. The fraction of sp³-hybridized carbons (Fsp3) is 0.154. The van der Waals surface area contributed by atoms with Gasteiger partial charge in [-0.3, -0.25) is 4.79 Å². The first-order chi connectivity index (χ1) is 15.8. The molecule has 0 aliphatic carbocycles. The first kappa shape index (κ1) is 19.9. The normalized spacial score (nSPS) is 12.9. The first-order valence-electron chi connectivity index (χ1n) is 10.6. The van der Waals surface area contributed by atoms with Crippen molar-refractivity contribution in [1.82, 2.24) is 9.99 Å². The standard InChI is InChI=1S/C26H23N3O3/c30-26(15-20-10-11-24-25(14-20)32-13-12-31-24)28-27-16-21-18-29(17-19-6-2-1-3-7-19)23-9-5-4-8-22(21)23/h1-11,14,16,18H,12-13,15,17H2,(H,28,30)/b27-16-. The lowest BCUT2D eigenvalue weighted by atomic mass is 10.1. The number of aromatic nitrogens is 1. The number of carbonyl (C=O) groups excluding carboxylic acids is 1. The van der Waals surface area contributed by atoms with Crippen molar-refractivity contribution in [2.45, 2.75) is 13.0 Å². The number of rotatable bonds is 6. The van der Waals surface area contributed by atoms with Crippen molar-refractivity contribution in [3.8, 4) is 11.5 Å². The van der Waals surface area contributed by atoms with Crippen LogP contribution in [0.1, 0.15) is 16.7 Å². The fourth-order valence-corrected chi connectivity index (χ4v) is 3.89. The predicted octanol–water partition coefficient (Wildman–Crippen LogP) is 4.15. The summed E-state index contributed by atoms with van der Waals surface area (Å²) in [4.78, 5) is 12.4. The lowest BCUT2D eigenvalue weighted by molar-refractivity contribution is -0.120. The molecule has 0 fully saturated rings. The molecular formula is C26H23N3O3. The van der Waals surface area contributed by atoms with Gasteiger partial charge in [-0.2, -0.15) is 5.10 Å². The third-order valence-electron chi connectivity index (χ3n) is 5.38. The van der Waals surface area contributed by atoms with Gasteiger partial charge in [-0.25, -0.2) is 5.43 Å². The number of para-hydroxylation sites is 1. The zero-order valence-electron chi connectivity index (χ0n) is 17.5. The molecule has 1 aliphatic rings. The molecule has 1 aromatic heterocycles. The van der Waals surface area contributed by atoms with Gasteiger partial charge in [-0.1, -0.05) is 54.6 Å². The Balaban J connectivity index is 1.28. The van der Waals surface area contributed by atoms with Crippen LogP contribution < -0.4 is 14.9 Å². The predicted molar refractivity (Wildman–Crippen MR) is 124 cm³/mol. The van der Waals surface area contributed by atoms with E-state index < -0.39 is 0 Å². The van der Waals surface area contributed by atoms with Crippen LogP contribution in [0, 0.1) is 0 Å². The molecule has 1 N–H and O–H groups in total. The van der Waals surface area contributed by atoms with Crippen LogP contribution in [0.5, 0.6) is 11.5 Å². The van der Waals surface area contributed by atoms with E-state index in [1.807, 2.05) is 48.5 Å². The Morgan fingerprint density at radius 3 is 2.59 bits per heavy atom. The number of benzene rings is 3. The second kappa shape index (κ2) is 8.98. The van der Waals surface area contributed by atoms with Gasteiger partial charge in [0.25, 0.3) is 0 Å². The molecule has 1 aliphatic heterocycles. The van der Waals surface area contributed by atoms with Crippen LogP contribution in [0.25, 0.3) is 10.9 Å². The van der Waals surface area contributed by atoms with Crippen LogP contribution in [0.15, 0.2) is 84.1 Å². The van der Waals surface area contributed by atoms with Crippen molar-refractivity contribution in [2.24, 2.45) is 5.10 Å². The minimum Gasteiger partial charge on any atom is -0.486 e. The van der Waals surface area contributed by atoms with Crippen molar-refractivity contribution in [1.29, 1.82) is 0 Å². The number of nitrogens with one attached hydrogen (secondary N) is 1. The molecule has 5 rings (SSSR count). The van der Waals surface area contributed by atoms with Gasteiger partial charge in [-0.05, 0) is 29.3 Å². The zero-order chi connectivity index (χ0) is 21.8. The zero-order valence-corrected chi connectivity index (χ0v) is 17.5. The molecule has 3 aromatic carbocycles. The third-order valence-corrected chi connectivity index (χ3v) is 5.38. The summed E-state index contributed by atoms with van der Waals surface area (Å²) < 4.78 is 13.3. The number of hydrogen-bond donors (Lipinski definition) is 1. The van der Waals surface area contributed by atoms with E-state index in [2.05, 4.69) is 45.6 Å². The van der Waals surface area contributed by atoms with E-state index in [-0.39, 0.29) is 12.3 Å². The first-order valence-corrected chi connectivity index (χ1v) is 10.6. The van der Waals surface area contributed by atoms with Crippen molar-refractivity contribution < 1.29 is 14.3 Å². The second-order valence-corrected chi connectivity index (χ2v) is 7.66. The van der Waals surface area contributed by atoms with Crippen molar-refractivity contribution in [3.05, 3.63) is 95.7 Å². The maximum Gasteiger partial charge on any atom is 0.244 e. The highest BCUT2D eigenvalue weighted by Crippen LogP contribution is 2.30.